The molecule has 2 aromatic rings. The van der Waals surface area contributed by atoms with Crippen LogP contribution in [0.3, 0.4) is 0 Å². The summed E-state index contributed by atoms with van der Waals surface area (Å²) < 4.78 is 27.0. The van der Waals surface area contributed by atoms with Gasteiger partial charge in [0.05, 0.1) is 12.2 Å². The first-order valence-corrected chi connectivity index (χ1v) is 8.07. The number of nitrogens with one attached hydrogen (secondary N) is 1. The van der Waals surface area contributed by atoms with Gasteiger partial charge in [0.1, 0.15) is 4.21 Å². The van der Waals surface area contributed by atoms with E-state index in [2.05, 4.69) is 9.71 Å². The van der Waals surface area contributed by atoms with Gasteiger partial charge in [-0.3, -0.25) is 4.98 Å². The highest BCUT2D eigenvalue weighted by Gasteiger charge is 2.16. The summed E-state index contributed by atoms with van der Waals surface area (Å²) in [6.07, 6.45) is 1.65. The molecule has 0 unspecified atom stereocenters. The highest BCUT2D eigenvalue weighted by atomic mass is 32.2. The van der Waals surface area contributed by atoms with Crippen molar-refractivity contribution in [2.24, 2.45) is 5.73 Å². The molecule has 0 aliphatic carbocycles. The fraction of sp³-hybridized carbons (Fsp3) is 0.250. The summed E-state index contributed by atoms with van der Waals surface area (Å²) in [6.45, 7) is 2.42. The summed E-state index contributed by atoms with van der Waals surface area (Å²) in [5, 5.41) is 1.75. The molecular weight excluding hydrogens is 282 g/mol. The normalized spacial score (nSPS) is 11.7. The Kier molecular flexibility index (Phi) is 4.31. The largest absolute Gasteiger partial charge is 0.326 e. The zero-order valence-electron chi connectivity index (χ0n) is 10.5. The first kappa shape index (κ1) is 14.1. The number of thiophene rings is 1. The lowest BCUT2D eigenvalue weighted by Gasteiger charge is -2.06. The van der Waals surface area contributed by atoms with Crippen molar-refractivity contribution in [2.45, 2.75) is 24.2 Å². The number of hydrogen-bond donors (Lipinski definition) is 2. The van der Waals surface area contributed by atoms with Crippen molar-refractivity contribution in [1.82, 2.24) is 9.71 Å². The van der Waals surface area contributed by atoms with Crippen LogP contribution in [0.15, 0.2) is 34.0 Å². The number of sulfonamides is 1. The number of nitrogens with zero attached hydrogens (tertiary/aromatic N) is 1. The highest BCUT2D eigenvalue weighted by molar-refractivity contribution is 7.91. The van der Waals surface area contributed by atoms with E-state index in [4.69, 9.17) is 5.73 Å². The molecule has 0 spiro atoms. The molecular formula is C12H15N3O2S2. The van der Waals surface area contributed by atoms with Gasteiger partial charge in [-0.1, -0.05) is 6.07 Å². The first-order chi connectivity index (χ1) is 9.03. The van der Waals surface area contributed by atoms with Crippen LogP contribution >= 0.6 is 11.3 Å². The fourth-order valence-corrected chi connectivity index (χ4v) is 3.79. The van der Waals surface area contributed by atoms with E-state index in [9.17, 15) is 8.42 Å². The van der Waals surface area contributed by atoms with Crippen LogP contribution in [0.4, 0.5) is 0 Å². The molecule has 2 rings (SSSR count). The minimum atomic E-state index is -3.49. The second-order valence-corrected chi connectivity index (χ2v) is 6.97. The Balaban J connectivity index is 2.12. The van der Waals surface area contributed by atoms with Crippen LogP contribution in [0, 0.1) is 6.92 Å². The number of pyridine rings is 1. The molecule has 0 saturated carbocycles. The van der Waals surface area contributed by atoms with Crippen molar-refractivity contribution in [3.05, 3.63) is 46.6 Å². The molecule has 19 heavy (non-hydrogen) atoms. The molecule has 0 radical (unpaired) electrons. The molecule has 102 valence electrons. The second-order valence-electron chi connectivity index (χ2n) is 4.07. The van der Waals surface area contributed by atoms with Crippen LogP contribution in [-0.2, 0) is 23.1 Å². The Hall–Kier alpha value is -1.28. The number of aryl methyl sites for hydroxylation is 1. The molecule has 0 saturated heterocycles. The summed E-state index contributed by atoms with van der Waals surface area (Å²) in [6, 6.07) is 5.31. The lowest BCUT2D eigenvalue weighted by molar-refractivity contribution is 0.582. The smallest absolute Gasteiger partial charge is 0.250 e. The monoisotopic (exact) mass is 297 g/mol. The Morgan fingerprint density at radius 2 is 2.26 bits per heavy atom. The molecule has 7 heteroatoms. The van der Waals surface area contributed by atoms with E-state index in [1.54, 1.807) is 17.6 Å². The van der Waals surface area contributed by atoms with Crippen molar-refractivity contribution in [3.8, 4) is 0 Å². The first-order valence-electron chi connectivity index (χ1n) is 5.70. The quantitative estimate of drug-likeness (QED) is 0.873. The van der Waals surface area contributed by atoms with Gasteiger partial charge in [-0.2, -0.15) is 0 Å². The molecule has 2 aromatic heterocycles. The average Bonchev–Trinajstić information content (AvgIpc) is 2.87. The second kappa shape index (κ2) is 5.79. The van der Waals surface area contributed by atoms with E-state index < -0.39 is 10.0 Å². The lowest BCUT2D eigenvalue weighted by Crippen LogP contribution is -2.23. The molecule has 0 bridgehead atoms. The fourth-order valence-electron chi connectivity index (χ4n) is 1.54. The summed E-state index contributed by atoms with van der Waals surface area (Å²) in [7, 11) is -3.49. The van der Waals surface area contributed by atoms with Gasteiger partial charge in [0, 0.05) is 12.7 Å². The zero-order chi connectivity index (χ0) is 13.9. The van der Waals surface area contributed by atoms with Crippen LogP contribution < -0.4 is 10.5 Å². The van der Waals surface area contributed by atoms with Crippen molar-refractivity contribution >= 4 is 21.4 Å². The van der Waals surface area contributed by atoms with E-state index in [1.165, 1.54) is 11.3 Å². The van der Waals surface area contributed by atoms with Gasteiger partial charge in [0.25, 0.3) is 0 Å². The predicted octanol–water partition coefficient (Wildman–Crippen LogP) is 1.39. The Morgan fingerprint density at radius 3 is 2.89 bits per heavy atom. The molecule has 0 aliphatic heterocycles. The molecule has 5 nitrogen and oxygen atoms in total. The van der Waals surface area contributed by atoms with E-state index >= 15 is 0 Å². The van der Waals surface area contributed by atoms with Crippen LogP contribution in [0.25, 0.3) is 0 Å². The maximum atomic E-state index is 12.1. The molecule has 0 fully saturated rings. The Labute approximate surface area is 116 Å². The third kappa shape index (κ3) is 3.38. The van der Waals surface area contributed by atoms with Gasteiger partial charge < -0.3 is 5.73 Å². The van der Waals surface area contributed by atoms with Crippen LogP contribution in [0.5, 0.6) is 0 Å². The van der Waals surface area contributed by atoms with E-state index in [-0.39, 0.29) is 10.8 Å². The summed E-state index contributed by atoms with van der Waals surface area (Å²) in [4.78, 5) is 4.15. The minimum absolute atomic E-state index is 0.185. The summed E-state index contributed by atoms with van der Waals surface area (Å²) in [5.41, 5.74) is 7.97. The SMILES string of the molecule is Cc1cccnc1CNS(=O)(=O)c1cc(CN)cs1. The van der Waals surface area contributed by atoms with Gasteiger partial charge >= 0.3 is 0 Å². The standard InChI is InChI=1S/C12H15N3O2S2/c1-9-3-2-4-14-11(9)7-15-19(16,17)12-5-10(6-13)8-18-12/h2-5,8,15H,6-7,13H2,1H3. The van der Waals surface area contributed by atoms with Crippen molar-refractivity contribution < 1.29 is 8.42 Å². The van der Waals surface area contributed by atoms with Gasteiger partial charge in [0.2, 0.25) is 10.0 Å². The van der Waals surface area contributed by atoms with Crippen LogP contribution in [0.1, 0.15) is 16.8 Å². The highest BCUT2D eigenvalue weighted by Crippen LogP contribution is 2.20. The van der Waals surface area contributed by atoms with Gasteiger partial charge in [-0.15, -0.1) is 11.3 Å². The topological polar surface area (TPSA) is 85.1 Å². The average molecular weight is 297 g/mol. The summed E-state index contributed by atoms with van der Waals surface area (Å²) in [5.74, 6) is 0. The maximum absolute atomic E-state index is 12.1. The molecule has 3 N–H and O–H groups in total. The van der Waals surface area contributed by atoms with Crippen LogP contribution in [0.2, 0.25) is 0 Å². The van der Waals surface area contributed by atoms with Gasteiger partial charge in [-0.05, 0) is 35.6 Å². The number of hydrogen-bond acceptors (Lipinski definition) is 5. The van der Waals surface area contributed by atoms with Crippen molar-refractivity contribution in [3.63, 3.8) is 0 Å². The lowest BCUT2D eigenvalue weighted by atomic mass is 10.2. The third-order valence-electron chi connectivity index (χ3n) is 2.68. The third-order valence-corrected chi connectivity index (χ3v) is 5.57. The molecule has 0 amide bonds. The zero-order valence-corrected chi connectivity index (χ0v) is 12.1. The number of aromatic nitrogens is 1. The maximum Gasteiger partial charge on any atom is 0.250 e. The van der Waals surface area contributed by atoms with E-state index in [1.807, 2.05) is 19.1 Å². The van der Waals surface area contributed by atoms with Crippen molar-refractivity contribution in [2.75, 3.05) is 0 Å². The van der Waals surface area contributed by atoms with E-state index in [0.717, 1.165) is 16.8 Å². The van der Waals surface area contributed by atoms with E-state index in [0.29, 0.717) is 6.54 Å². The van der Waals surface area contributed by atoms with Gasteiger partial charge in [-0.25, -0.2) is 13.1 Å². The van der Waals surface area contributed by atoms with Crippen LogP contribution in [-0.4, -0.2) is 13.4 Å². The van der Waals surface area contributed by atoms with Gasteiger partial charge in [0.15, 0.2) is 0 Å². The molecule has 0 atom stereocenters. The minimum Gasteiger partial charge on any atom is -0.326 e. The Bertz CT molecular complexity index is 665. The molecule has 0 aromatic carbocycles. The number of rotatable bonds is 5. The Morgan fingerprint density at radius 1 is 1.47 bits per heavy atom. The predicted molar refractivity (Wildman–Crippen MR) is 75.2 cm³/mol. The molecule has 2 heterocycles. The van der Waals surface area contributed by atoms with Crippen molar-refractivity contribution in [1.29, 1.82) is 0 Å². The number of nitrogens with two attached hydrogens (primary N) is 1. The summed E-state index contributed by atoms with van der Waals surface area (Å²) >= 11 is 1.17. The molecule has 0 aliphatic rings.